The number of nitrogen functional groups attached to an aromatic ring is 1. The standard InChI is InChI=1S/C16H21N5O3/c1-9-13(24-11-5-3-4-10(8-11)16(22)23)7-6-12(18-9)14-15(17)21(2)20-19-14/h6-7,10-11H,3-5,8,17H2,1-2H3,(H,22,23). The molecular formula is C16H21N5O3. The first-order chi connectivity index (χ1) is 11.5. The number of aromatic nitrogens is 4. The summed E-state index contributed by atoms with van der Waals surface area (Å²) in [6.07, 6.45) is 2.89. The Morgan fingerprint density at radius 1 is 1.42 bits per heavy atom. The number of aliphatic carboxylic acids is 1. The predicted molar refractivity (Wildman–Crippen MR) is 87.4 cm³/mol. The molecule has 0 spiro atoms. The van der Waals surface area contributed by atoms with Crippen molar-refractivity contribution in [2.24, 2.45) is 13.0 Å². The molecule has 1 aliphatic rings. The van der Waals surface area contributed by atoms with Gasteiger partial charge in [0.15, 0.2) is 11.5 Å². The van der Waals surface area contributed by atoms with Gasteiger partial charge in [-0.25, -0.2) is 9.67 Å². The van der Waals surface area contributed by atoms with E-state index >= 15 is 0 Å². The van der Waals surface area contributed by atoms with Gasteiger partial charge in [-0.05, 0) is 44.7 Å². The summed E-state index contributed by atoms with van der Waals surface area (Å²) in [5.74, 6) is 0.0479. The van der Waals surface area contributed by atoms with Crippen LogP contribution in [0.5, 0.6) is 5.75 Å². The van der Waals surface area contributed by atoms with Gasteiger partial charge in [-0.15, -0.1) is 5.10 Å². The number of carbonyl (C=O) groups is 1. The summed E-state index contributed by atoms with van der Waals surface area (Å²) < 4.78 is 7.49. The van der Waals surface area contributed by atoms with E-state index < -0.39 is 5.97 Å². The van der Waals surface area contributed by atoms with Crippen LogP contribution in [0, 0.1) is 12.8 Å². The Bertz CT molecular complexity index is 758. The van der Waals surface area contributed by atoms with Gasteiger partial charge >= 0.3 is 5.97 Å². The monoisotopic (exact) mass is 331 g/mol. The lowest BCUT2D eigenvalue weighted by Crippen LogP contribution is -2.29. The second-order valence-corrected chi connectivity index (χ2v) is 6.17. The SMILES string of the molecule is Cc1nc(-c2nnn(C)c2N)ccc1OC1CCCC(C(=O)O)C1. The van der Waals surface area contributed by atoms with E-state index in [1.54, 1.807) is 13.1 Å². The Morgan fingerprint density at radius 2 is 2.21 bits per heavy atom. The molecule has 0 radical (unpaired) electrons. The summed E-state index contributed by atoms with van der Waals surface area (Å²) in [4.78, 5) is 15.7. The molecule has 2 aromatic heterocycles. The van der Waals surface area contributed by atoms with Crippen LogP contribution in [0.4, 0.5) is 5.82 Å². The first-order valence-electron chi connectivity index (χ1n) is 7.98. The molecule has 1 saturated carbocycles. The molecule has 2 aromatic rings. The number of hydrogen-bond acceptors (Lipinski definition) is 6. The average Bonchev–Trinajstić information content (AvgIpc) is 2.89. The molecule has 2 unspecified atom stereocenters. The van der Waals surface area contributed by atoms with E-state index in [1.807, 2.05) is 13.0 Å². The summed E-state index contributed by atoms with van der Waals surface area (Å²) in [6.45, 7) is 1.85. The Kier molecular flexibility index (Phi) is 4.37. The van der Waals surface area contributed by atoms with E-state index in [9.17, 15) is 9.90 Å². The molecule has 2 heterocycles. The van der Waals surface area contributed by atoms with Crippen molar-refractivity contribution in [2.75, 3.05) is 5.73 Å². The van der Waals surface area contributed by atoms with Gasteiger partial charge in [0.05, 0.1) is 23.4 Å². The third kappa shape index (κ3) is 3.17. The van der Waals surface area contributed by atoms with Crippen LogP contribution in [-0.2, 0) is 11.8 Å². The molecular weight excluding hydrogens is 310 g/mol. The maximum Gasteiger partial charge on any atom is 0.306 e. The summed E-state index contributed by atoms with van der Waals surface area (Å²) in [7, 11) is 1.72. The highest BCUT2D eigenvalue weighted by molar-refractivity contribution is 5.70. The van der Waals surface area contributed by atoms with Crippen LogP contribution in [0.3, 0.4) is 0 Å². The lowest BCUT2D eigenvalue weighted by atomic mass is 9.87. The van der Waals surface area contributed by atoms with Gasteiger partial charge in [0, 0.05) is 7.05 Å². The van der Waals surface area contributed by atoms with Crippen LogP contribution in [0.1, 0.15) is 31.4 Å². The van der Waals surface area contributed by atoms with Crippen molar-refractivity contribution >= 4 is 11.8 Å². The molecule has 3 N–H and O–H groups in total. The van der Waals surface area contributed by atoms with E-state index in [-0.39, 0.29) is 12.0 Å². The Balaban J connectivity index is 1.76. The van der Waals surface area contributed by atoms with E-state index in [2.05, 4.69) is 15.3 Å². The number of ether oxygens (including phenoxy) is 1. The van der Waals surface area contributed by atoms with Gasteiger partial charge in [-0.1, -0.05) is 5.21 Å². The third-order valence-electron chi connectivity index (χ3n) is 4.42. The lowest BCUT2D eigenvalue weighted by molar-refractivity contribution is -0.143. The number of carboxylic acid groups (broad SMARTS) is 1. The van der Waals surface area contributed by atoms with Crippen molar-refractivity contribution in [3.63, 3.8) is 0 Å². The maximum absolute atomic E-state index is 11.2. The van der Waals surface area contributed by atoms with E-state index in [0.717, 1.165) is 25.0 Å². The van der Waals surface area contributed by atoms with Gasteiger partial charge in [0.1, 0.15) is 5.75 Å². The highest BCUT2D eigenvalue weighted by Crippen LogP contribution is 2.30. The van der Waals surface area contributed by atoms with Crippen LogP contribution in [-0.4, -0.2) is 37.2 Å². The normalized spacial score (nSPS) is 20.8. The zero-order chi connectivity index (χ0) is 17.3. The molecule has 1 fully saturated rings. The van der Waals surface area contributed by atoms with Crippen molar-refractivity contribution < 1.29 is 14.6 Å². The van der Waals surface area contributed by atoms with Crippen molar-refractivity contribution in [3.05, 3.63) is 17.8 Å². The van der Waals surface area contributed by atoms with Gasteiger partial charge in [0.2, 0.25) is 0 Å². The fourth-order valence-corrected chi connectivity index (χ4v) is 3.01. The van der Waals surface area contributed by atoms with E-state index in [4.69, 9.17) is 10.5 Å². The highest BCUT2D eigenvalue weighted by Gasteiger charge is 2.28. The molecule has 0 aromatic carbocycles. The molecule has 8 nitrogen and oxygen atoms in total. The zero-order valence-electron chi connectivity index (χ0n) is 13.8. The number of nitrogens with two attached hydrogens (primary N) is 1. The Hall–Kier alpha value is -2.64. The van der Waals surface area contributed by atoms with E-state index in [0.29, 0.717) is 29.4 Å². The minimum atomic E-state index is -0.744. The van der Waals surface area contributed by atoms with Crippen LogP contribution in [0.2, 0.25) is 0 Å². The molecule has 3 rings (SSSR count). The molecule has 1 aliphatic carbocycles. The molecule has 8 heteroatoms. The highest BCUT2D eigenvalue weighted by atomic mass is 16.5. The summed E-state index contributed by atoms with van der Waals surface area (Å²) in [5.41, 5.74) is 7.82. The Labute approximate surface area is 139 Å². The fourth-order valence-electron chi connectivity index (χ4n) is 3.01. The molecule has 0 aliphatic heterocycles. The molecule has 24 heavy (non-hydrogen) atoms. The number of aryl methyl sites for hydroxylation is 2. The third-order valence-corrected chi connectivity index (χ3v) is 4.42. The number of anilines is 1. The van der Waals surface area contributed by atoms with Gasteiger partial charge in [0.25, 0.3) is 0 Å². The van der Waals surface area contributed by atoms with Gasteiger partial charge in [-0.2, -0.15) is 0 Å². The van der Waals surface area contributed by atoms with Crippen LogP contribution in [0.15, 0.2) is 12.1 Å². The molecule has 0 amide bonds. The van der Waals surface area contributed by atoms with Crippen molar-refractivity contribution in [2.45, 2.75) is 38.7 Å². The molecule has 2 atom stereocenters. The fraction of sp³-hybridized carbons (Fsp3) is 0.500. The van der Waals surface area contributed by atoms with Crippen molar-refractivity contribution in [1.82, 2.24) is 20.0 Å². The largest absolute Gasteiger partial charge is 0.489 e. The topological polar surface area (TPSA) is 116 Å². The Morgan fingerprint density at radius 3 is 2.83 bits per heavy atom. The van der Waals surface area contributed by atoms with Crippen LogP contribution in [0.25, 0.3) is 11.4 Å². The van der Waals surface area contributed by atoms with Crippen molar-refractivity contribution in [1.29, 1.82) is 0 Å². The number of hydrogen-bond donors (Lipinski definition) is 2. The average molecular weight is 331 g/mol. The number of pyridine rings is 1. The first kappa shape index (κ1) is 16.2. The maximum atomic E-state index is 11.2. The lowest BCUT2D eigenvalue weighted by Gasteiger charge is -2.27. The van der Waals surface area contributed by atoms with Crippen molar-refractivity contribution in [3.8, 4) is 17.1 Å². The molecule has 0 bridgehead atoms. The minimum absolute atomic E-state index is 0.0900. The smallest absolute Gasteiger partial charge is 0.306 e. The van der Waals surface area contributed by atoms with Gasteiger partial charge < -0.3 is 15.6 Å². The zero-order valence-corrected chi connectivity index (χ0v) is 13.8. The van der Waals surface area contributed by atoms with E-state index in [1.165, 1.54) is 4.68 Å². The molecule has 128 valence electrons. The molecule has 0 saturated heterocycles. The minimum Gasteiger partial charge on any atom is -0.489 e. The number of rotatable bonds is 4. The first-order valence-corrected chi connectivity index (χ1v) is 7.98. The summed E-state index contributed by atoms with van der Waals surface area (Å²) in [5, 5.41) is 17.1. The summed E-state index contributed by atoms with van der Waals surface area (Å²) >= 11 is 0. The number of nitrogens with zero attached hydrogens (tertiary/aromatic N) is 4. The van der Waals surface area contributed by atoms with Gasteiger partial charge in [-0.3, -0.25) is 4.79 Å². The van der Waals surface area contributed by atoms with Crippen LogP contribution < -0.4 is 10.5 Å². The number of carboxylic acids is 1. The second kappa shape index (κ2) is 6.46. The predicted octanol–water partition coefficient (Wildman–Crippen LogP) is 1.79. The summed E-state index contributed by atoms with van der Waals surface area (Å²) in [6, 6.07) is 3.62. The van der Waals surface area contributed by atoms with Crippen LogP contribution >= 0.6 is 0 Å². The quantitative estimate of drug-likeness (QED) is 0.877. The second-order valence-electron chi connectivity index (χ2n) is 6.17.